The molecule has 0 saturated heterocycles. The number of rotatable bonds is 8. The van der Waals surface area contributed by atoms with Crippen LogP contribution in [0.1, 0.15) is 25.3 Å². The van der Waals surface area contributed by atoms with Crippen molar-refractivity contribution in [2.24, 2.45) is 5.41 Å². The van der Waals surface area contributed by atoms with Crippen molar-refractivity contribution in [2.45, 2.75) is 32.2 Å². The first-order valence-corrected chi connectivity index (χ1v) is 13.0. The number of amides is 3. The van der Waals surface area contributed by atoms with E-state index in [4.69, 9.17) is 0 Å². The third-order valence-electron chi connectivity index (χ3n) is 5.21. The zero-order chi connectivity index (χ0) is 27.4. The van der Waals surface area contributed by atoms with Gasteiger partial charge < -0.3 is 10.6 Å². The Labute approximate surface area is 214 Å². The van der Waals surface area contributed by atoms with Crippen LogP contribution in [0.15, 0.2) is 54.7 Å². The fourth-order valence-corrected chi connectivity index (χ4v) is 4.53. The van der Waals surface area contributed by atoms with Crippen LogP contribution in [-0.2, 0) is 21.2 Å². The van der Waals surface area contributed by atoms with Gasteiger partial charge in [-0.05, 0) is 36.2 Å². The van der Waals surface area contributed by atoms with E-state index in [0.29, 0.717) is 10.7 Å². The summed E-state index contributed by atoms with van der Waals surface area (Å²) in [6, 6.07) is 11.9. The summed E-state index contributed by atoms with van der Waals surface area (Å²) in [5.74, 6) is -1.83. The van der Waals surface area contributed by atoms with Crippen LogP contribution < -0.4 is 15.4 Å². The number of carbonyl (C=O) groups is 2. The predicted octanol–water partition coefficient (Wildman–Crippen LogP) is 5.52. The lowest BCUT2D eigenvalue weighted by Gasteiger charge is -2.23. The van der Waals surface area contributed by atoms with E-state index in [-0.39, 0.29) is 18.5 Å². The van der Waals surface area contributed by atoms with E-state index < -0.39 is 38.7 Å². The Morgan fingerprint density at radius 3 is 2.27 bits per heavy atom. The number of para-hydroxylation sites is 1. The van der Waals surface area contributed by atoms with Crippen LogP contribution in [0.3, 0.4) is 0 Å². The molecule has 3 amide bonds. The van der Waals surface area contributed by atoms with E-state index in [1.54, 1.807) is 36.5 Å². The molecule has 2 aromatic carbocycles. The summed E-state index contributed by atoms with van der Waals surface area (Å²) in [4.78, 5) is 29.3. The SMILES string of the molecule is CC(C)(CCc1ncc(-c2ccc(NC(=O)Nc3ccccc3F)cc2)s1)C(=O)NS(=O)(=O)C(F)(F)F. The van der Waals surface area contributed by atoms with Gasteiger partial charge in [-0.25, -0.2) is 18.9 Å². The Balaban J connectivity index is 1.57. The van der Waals surface area contributed by atoms with Gasteiger partial charge in [-0.15, -0.1) is 11.3 Å². The van der Waals surface area contributed by atoms with Crippen molar-refractivity contribution in [1.82, 2.24) is 9.71 Å². The molecule has 0 unspecified atom stereocenters. The minimum absolute atomic E-state index is 0.0384. The van der Waals surface area contributed by atoms with Crippen molar-refractivity contribution >= 4 is 44.7 Å². The number of sulfonamides is 1. The van der Waals surface area contributed by atoms with Crippen LogP contribution in [0.25, 0.3) is 10.4 Å². The normalized spacial score (nSPS) is 12.2. The molecule has 3 N–H and O–H groups in total. The molecule has 0 fully saturated rings. The molecule has 198 valence electrons. The van der Waals surface area contributed by atoms with E-state index in [1.807, 2.05) is 0 Å². The quantitative estimate of drug-likeness (QED) is 0.315. The van der Waals surface area contributed by atoms with Gasteiger partial charge in [-0.1, -0.05) is 38.1 Å². The minimum Gasteiger partial charge on any atom is -0.308 e. The number of aryl methyl sites for hydroxylation is 1. The van der Waals surface area contributed by atoms with E-state index in [2.05, 4.69) is 15.6 Å². The fourth-order valence-electron chi connectivity index (χ4n) is 2.98. The van der Waals surface area contributed by atoms with Crippen LogP contribution >= 0.6 is 11.3 Å². The molecule has 14 heteroatoms. The van der Waals surface area contributed by atoms with Gasteiger partial charge in [0.15, 0.2) is 0 Å². The highest BCUT2D eigenvalue weighted by atomic mass is 32.2. The summed E-state index contributed by atoms with van der Waals surface area (Å²) < 4.78 is 74.8. The standard InChI is InChI=1S/C23H22F4N4O4S2/c1-22(2,20(32)31-37(34,35)23(25,26)27)12-11-19-28-13-18(36-19)14-7-9-15(10-8-14)29-21(33)30-17-6-4-3-5-16(17)24/h3-10,13H,11-12H2,1-2H3,(H,31,32)(H2,29,30,33). The molecule has 3 aromatic rings. The van der Waals surface area contributed by atoms with Gasteiger partial charge in [-0.2, -0.15) is 21.6 Å². The Kier molecular flexibility index (Phi) is 8.22. The van der Waals surface area contributed by atoms with Gasteiger partial charge in [0, 0.05) is 23.7 Å². The molecule has 8 nitrogen and oxygen atoms in total. The number of thiazole rings is 1. The second-order valence-corrected chi connectivity index (χ2v) is 11.3. The van der Waals surface area contributed by atoms with Gasteiger partial charge in [0.1, 0.15) is 5.82 Å². The highest BCUT2D eigenvalue weighted by molar-refractivity contribution is 7.90. The van der Waals surface area contributed by atoms with Gasteiger partial charge in [0.2, 0.25) is 5.91 Å². The zero-order valence-corrected chi connectivity index (χ0v) is 21.2. The maximum atomic E-state index is 13.7. The second kappa shape index (κ2) is 10.8. The number of benzene rings is 2. The molecule has 1 aromatic heterocycles. The highest BCUT2D eigenvalue weighted by Crippen LogP contribution is 2.31. The smallest absolute Gasteiger partial charge is 0.308 e. The number of nitrogens with one attached hydrogen (secondary N) is 3. The number of aromatic nitrogens is 1. The fraction of sp³-hybridized carbons (Fsp3) is 0.261. The number of hydrogen-bond donors (Lipinski definition) is 3. The lowest BCUT2D eigenvalue weighted by atomic mass is 9.87. The van der Waals surface area contributed by atoms with Crippen LogP contribution in [0.5, 0.6) is 0 Å². The molecule has 3 rings (SSSR count). The number of anilines is 2. The van der Waals surface area contributed by atoms with Crippen molar-refractivity contribution in [1.29, 1.82) is 0 Å². The van der Waals surface area contributed by atoms with Gasteiger partial charge in [0.05, 0.1) is 15.6 Å². The average molecular weight is 559 g/mol. The Morgan fingerprint density at radius 1 is 1.00 bits per heavy atom. The van der Waals surface area contributed by atoms with E-state index >= 15 is 0 Å². The van der Waals surface area contributed by atoms with E-state index in [1.165, 1.54) is 43.4 Å². The van der Waals surface area contributed by atoms with Crippen LogP contribution in [-0.4, -0.2) is 30.8 Å². The first-order valence-electron chi connectivity index (χ1n) is 10.7. The first-order chi connectivity index (χ1) is 17.2. The Morgan fingerprint density at radius 2 is 1.65 bits per heavy atom. The number of nitrogens with zero attached hydrogens (tertiary/aromatic N) is 1. The number of alkyl halides is 3. The lowest BCUT2D eigenvalue weighted by molar-refractivity contribution is -0.128. The number of halogens is 4. The maximum Gasteiger partial charge on any atom is 0.516 e. The molecule has 0 radical (unpaired) electrons. The largest absolute Gasteiger partial charge is 0.516 e. The minimum atomic E-state index is -5.78. The maximum absolute atomic E-state index is 13.7. The molecule has 0 aliphatic heterocycles. The molecular formula is C23H22F4N4O4S2. The highest BCUT2D eigenvalue weighted by Gasteiger charge is 2.48. The summed E-state index contributed by atoms with van der Waals surface area (Å²) in [6.45, 7) is 2.69. The van der Waals surface area contributed by atoms with Crippen LogP contribution in [0.2, 0.25) is 0 Å². The second-order valence-electron chi connectivity index (χ2n) is 8.52. The van der Waals surface area contributed by atoms with Gasteiger partial charge in [-0.3, -0.25) is 4.79 Å². The van der Waals surface area contributed by atoms with E-state index in [9.17, 15) is 35.6 Å². The number of carbonyl (C=O) groups excluding carboxylic acids is 2. The molecule has 1 heterocycles. The molecule has 0 atom stereocenters. The van der Waals surface area contributed by atoms with Gasteiger partial charge >= 0.3 is 21.6 Å². The average Bonchev–Trinajstić information content (AvgIpc) is 3.28. The number of hydrogen-bond acceptors (Lipinski definition) is 6. The van der Waals surface area contributed by atoms with Crippen molar-refractivity contribution in [3.05, 3.63) is 65.6 Å². The first kappa shape index (κ1) is 28.1. The van der Waals surface area contributed by atoms with Gasteiger partial charge in [0.25, 0.3) is 0 Å². The topological polar surface area (TPSA) is 117 Å². The predicted molar refractivity (Wildman–Crippen MR) is 132 cm³/mol. The molecule has 0 bridgehead atoms. The Bertz CT molecular complexity index is 1390. The van der Waals surface area contributed by atoms with Crippen molar-refractivity contribution in [3.63, 3.8) is 0 Å². The molecule has 37 heavy (non-hydrogen) atoms. The third-order valence-corrected chi connectivity index (χ3v) is 7.38. The van der Waals surface area contributed by atoms with Crippen molar-refractivity contribution in [2.75, 3.05) is 10.6 Å². The lowest BCUT2D eigenvalue weighted by Crippen LogP contribution is -2.46. The summed E-state index contributed by atoms with van der Waals surface area (Å²) in [7, 11) is -5.78. The third kappa shape index (κ3) is 7.26. The van der Waals surface area contributed by atoms with E-state index in [0.717, 1.165) is 15.2 Å². The summed E-state index contributed by atoms with van der Waals surface area (Å²) >= 11 is 1.30. The molecule has 0 aliphatic rings. The Hall–Kier alpha value is -3.52. The van der Waals surface area contributed by atoms with Crippen molar-refractivity contribution < 1.29 is 35.6 Å². The monoisotopic (exact) mass is 558 g/mol. The van der Waals surface area contributed by atoms with Crippen LogP contribution in [0, 0.1) is 11.2 Å². The molecular weight excluding hydrogens is 536 g/mol. The summed E-state index contributed by atoms with van der Waals surface area (Å²) in [5.41, 5.74) is -5.71. The molecule has 0 aliphatic carbocycles. The summed E-state index contributed by atoms with van der Waals surface area (Å²) in [6.07, 6.45) is 1.88. The van der Waals surface area contributed by atoms with Crippen molar-refractivity contribution in [3.8, 4) is 10.4 Å². The summed E-state index contributed by atoms with van der Waals surface area (Å²) in [5, 5.41) is 5.60. The number of urea groups is 1. The molecule has 0 spiro atoms. The van der Waals surface area contributed by atoms with Crippen LogP contribution in [0.4, 0.5) is 33.7 Å². The zero-order valence-electron chi connectivity index (χ0n) is 19.5. The molecule has 0 saturated carbocycles.